The second kappa shape index (κ2) is 7.60. The predicted molar refractivity (Wildman–Crippen MR) is 106 cm³/mol. The monoisotopic (exact) mass is 397 g/mol. The van der Waals surface area contributed by atoms with Crippen LogP contribution in [0.25, 0.3) is 16.5 Å². The number of amides is 1. The predicted octanol–water partition coefficient (Wildman–Crippen LogP) is 6.14. The minimum atomic E-state index is -0.139. The van der Waals surface area contributed by atoms with Crippen LogP contribution in [0.15, 0.2) is 71.2 Å². The van der Waals surface area contributed by atoms with E-state index in [0.717, 1.165) is 20.6 Å². The van der Waals surface area contributed by atoms with Gasteiger partial charge in [-0.3, -0.25) is 4.79 Å². The van der Waals surface area contributed by atoms with Crippen LogP contribution in [0.1, 0.15) is 10.4 Å². The molecule has 0 spiro atoms. The molecule has 2 nitrogen and oxygen atoms in total. The molecule has 2 aromatic carbocycles. The molecule has 3 aromatic rings. The standard InChI is InChI=1S/C20H16BrNOS/c1-14-6-5-9-17(21)20(14)22-19(23)13-11-16-10-12-18(24-16)15-7-3-2-4-8-15/h2-13H,1H3,(H,22,23)/b13-11+. The van der Waals surface area contributed by atoms with E-state index in [1.54, 1.807) is 17.4 Å². The molecule has 0 unspecified atom stereocenters. The van der Waals surface area contributed by atoms with Crippen molar-refractivity contribution in [2.45, 2.75) is 6.92 Å². The highest BCUT2D eigenvalue weighted by atomic mass is 79.9. The fourth-order valence-corrected chi connectivity index (χ4v) is 3.79. The van der Waals surface area contributed by atoms with Crippen LogP contribution < -0.4 is 5.32 Å². The van der Waals surface area contributed by atoms with Crippen molar-refractivity contribution in [1.82, 2.24) is 0 Å². The van der Waals surface area contributed by atoms with Crippen LogP contribution >= 0.6 is 27.3 Å². The number of nitrogens with one attached hydrogen (secondary N) is 1. The van der Waals surface area contributed by atoms with Crippen molar-refractivity contribution in [1.29, 1.82) is 0 Å². The van der Waals surface area contributed by atoms with E-state index in [-0.39, 0.29) is 5.91 Å². The normalized spacial score (nSPS) is 10.9. The van der Waals surface area contributed by atoms with Gasteiger partial charge < -0.3 is 5.32 Å². The van der Waals surface area contributed by atoms with Gasteiger partial charge >= 0.3 is 0 Å². The van der Waals surface area contributed by atoms with Crippen LogP contribution in [-0.2, 0) is 4.79 Å². The Balaban J connectivity index is 1.70. The third kappa shape index (κ3) is 4.02. The summed E-state index contributed by atoms with van der Waals surface area (Å²) in [4.78, 5) is 14.4. The van der Waals surface area contributed by atoms with Gasteiger partial charge in [-0.2, -0.15) is 0 Å². The molecule has 4 heteroatoms. The number of hydrogen-bond donors (Lipinski definition) is 1. The molecule has 0 saturated heterocycles. The molecule has 120 valence electrons. The van der Waals surface area contributed by atoms with Gasteiger partial charge in [0.25, 0.3) is 0 Å². The first-order valence-electron chi connectivity index (χ1n) is 7.53. The Bertz CT molecular complexity index is 863. The Morgan fingerprint density at radius 3 is 2.58 bits per heavy atom. The fraction of sp³-hybridized carbons (Fsp3) is 0.0500. The molecule has 0 saturated carbocycles. The molecule has 3 rings (SSSR count). The first-order chi connectivity index (χ1) is 11.6. The number of anilines is 1. The Labute approximate surface area is 154 Å². The van der Waals surface area contributed by atoms with Crippen molar-refractivity contribution in [2.24, 2.45) is 0 Å². The molecule has 1 heterocycles. The van der Waals surface area contributed by atoms with E-state index >= 15 is 0 Å². The molecule has 0 radical (unpaired) electrons. The van der Waals surface area contributed by atoms with Gasteiger partial charge in [0.05, 0.1) is 5.69 Å². The molecule has 0 aliphatic carbocycles. The zero-order valence-electron chi connectivity index (χ0n) is 13.1. The van der Waals surface area contributed by atoms with Gasteiger partial charge in [-0.25, -0.2) is 0 Å². The molecule has 1 N–H and O–H groups in total. The molecule has 0 bridgehead atoms. The lowest BCUT2D eigenvalue weighted by Crippen LogP contribution is -2.09. The van der Waals surface area contributed by atoms with Gasteiger partial charge in [-0.15, -0.1) is 11.3 Å². The van der Waals surface area contributed by atoms with Crippen molar-refractivity contribution < 1.29 is 4.79 Å². The minimum Gasteiger partial charge on any atom is -0.321 e. The van der Waals surface area contributed by atoms with Crippen molar-refractivity contribution in [3.8, 4) is 10.4 Å². The van der Waals surface area contributed by atoms with Crippen LogP contribution in [-0.4, -0.2) is 5.91 Å². The van der Waals surface area contributed by atoms with E-state index in [1.807, 2.05) is 55.5 Å². The average molecular weight is 398 g/mol. The van der Waals surface area contributed by atoms with Gasteiger partial charge in [0, 0.05) is 20.3 Å². The third-order valence-electron chi connectivity index (χ3n) is 3.55. The molecule has 0 fully saturated rings. The Morgan fingerprint density at radius 1 is 1.04 bits per heavy atom. The highest BCUT2D eigenvalue weighted by Crippen LogP contribution is 2.29. The summed E-state index contributed by atoms with van der Waals surface area (Å²) in [5.41, 5.74) is 3.02. The fourth-order valence-electron chi connectivity index (χ4n) is 2.31. The number of carbonyl (C=O) groups is 1. The highest BCUT2D eigenvalue weighted by Gasteiger charge is 2.06. The lowest BCUT2D eigenvalue weighted by Gasteiger charge is -2.08. The summed E-state index contributed by atoms with van der Waals surface area (Å²) in [7, 11) is 0. The van der Waals surface area contributed by atoms with E-state index < -0.39 is 0 Å². The third-order valence-corrected chi connectivity index (χ3v) is 5.31. The summed E-state index contributed by atoms with van der Waals surface area (Å²) in [6, 6.07) is 20.2. The maximum absolute atomic E-state index is 12.2. The number of halogens is 1. The zero-order chi connectivity index (χ0) is 16.9. The maximum atomic E-state index is 12.2. The van der Waals surface area contributed by atoms with Gasteiger partial charge in [0.15, 0.2) is 0 Å². The first kappa shape index (κ1) is 16.7. The number of aryl methyl sites for hydroxylation is 1. The molecule has 0 aliphatic heterocycles. The first-order valence-corrected chi connectivity index (χ1v) is 9.14. The van der Waals surface area contributed by atoms with Crippen LogP contribution in [0, 0.1) is 6.92 Å². The van der Waals surface area contributed by atoms with Gasteiger partial charge in [0.1, 0.15) is 0 Å². The lowest BCUT2D eigenvalue weighted by atomic mass is 10.2. The summed E-state index contributed by atoms with van der Waals surface area (Å²) in [5.74, 6) is -0.139. The number of benzene rings is 2. The van der Waals surface area contributed by atoms with Gasteiger partial charge in [-0.1, -0.05) is 42.5 Å². The van der Waals surface area contributed by atoms with Crippen molar-refractivity contribution >= 4 is 44.9 Å². The highest BCUT2D eigenvalue weighted by molar-refractivity contribution is 9.10. The summed E-state index contributed by atoms with van der Waals surface area (Å²) in [6.07, 6.45) is 3.41. The molecule has 1 amide bonds. The molecule has 1 aromatic heterocycles. The molecule has 0 aliphatic rings. The van der Waals surface area contributed by atoms with Gasteiger partial charge in [-0.05, 0) is 58.3 Å². The van der Waals surface area contributed by atoms with Crippen molar-refractivity contribution in [3.63, 3.8) is 0 Å². The zero-order valence-corrected chi connectivity index (χ0v) is 15.5. The lowest BCUT2D eigenvalue weighted by molar-refractivity contribution is -0.111. The molecule has 0 atom stereocenters. The van der Waals surface area contributed by atoms with E-state index in [4.69, 9.17) is 0 Å². The van der Waals surface area contributed by atoms with Crippen LogP contribution in [0.5, 0.6) is 0 Å². The minimum absolute atomic E-state index is 0.139. The molecular formula is C20H16BrNOS. The van der Waals surface area contributed by atoms with E-state index in [1.165, 1.54) is 10.4 Å². The molecular weight excluding hydrogens is 382 g/mol. The number of thiophene rings is 1. The van der Waals surface area contributed by atoms with Crippen LogP contribution in [0.2, 0.25) is 0 Å². The van der Waals surface area contributed by atoms with Crippen molar-refractivity contribution in [3.05, 3.63) is 81.7 Å². The van der Waals surface area contributed by atoms with Crippen molar-refractivity contribution in [2.75, 3.05) is 5.32 Å². The molecule has 24 heavy (non-hydrogen) atoms. The summed E-state index contributed by atoms with van der Waals surface area (Å²) >= 11 is 5.13. The number of carbonyl (C=O) groups excluding carboxylic acids is 1. The topological polar surface area (TPSA) is 29.1 Å². The quantitative estimate of drug-likeness (QED) is 0.526. The Kier molecular flexibility index (Phi) is 5.28. The second-order valence-corrected chi connectivity index (χ2v) is 7.29. The van der Waals surface area contributed by atoms with E-state index in [2.05, 4.69) is 39.4 Å². The Morgan fingerprint density at radius 2 is 1.83 bits per heavy atom. The van der Waals surface area contributed by atoms with Crippen LogP contribution in [0.3, 0.4) is 0 Å². The largest absolute Gasteiger partial charge is 0.321 e. The number of rotatable bonds is 4. The number of hydrogen-bond acceptors (Lipinski definition) is 2. The van der Waals surface area contributed by atoms with Crippen LogP contribution in [0.4, 0.5) is 5.69 Å². The summed E-state index contributed by atoms with van der Waals surface area (Å²) < 4.78 is 0.881. The average Bonchev–Trinajstić information content (AvgIpc) is 3.06. The summed E-state index contributed by atoms with van der Waals surface area (Å²) in [5, 5.41) is 2.92. The Hall–Kier alpha value is -2.17. The number of para-hydroxylation sites is 1. The van der Waals surface area contributed by atoms with E-state index in [0.29, 0.717) is 0 Å². The smallest absolute Gasteiger partial charge is 0.248 e. The van der Waals surface area contributed by atoms with E-state index in [9.17, 15) is 4.79 Å². The maximum Gasteiger partial charge on any atom is 0.248 e. The SMILES string of the molecule is Cc1cccc(Br)c1NC(=O)/C=C/c1ccc(-c2ccccc2)s1. The summed E-state index contributed by atoms with van der Waals surface area (Å²) in [6.45, 7) is 1.97. The second-order valence-electron chi connectivity index (χ2n) is 5.32. The van der Waals surface area contributed by atoms with Gasteiger partial charge in [0.2, 0.25) is 5.91 Å².